The molecule has 1 aromatic rings. The lowest BCUT2D eigenvalue weighted by Crippen LogP contribution is -2.34. The molecule has 1 saturated carbocycles. The van der Waals surface area contributed by atoms with Crippen LogP contribution < -0.4 is 5.73 Å². The molecule has 0 amide bonds. The molecule has 0 atom stereocenters. The number of aryl methyl sites for hydroxylation is 1. The highest BCUT2D eigenvalue weighted by atomic mass is 32.1. The van der Waals surface area contributed by atoms with Crippen LogP contribution in [0.15, 0.2) is 5.38 Å². The number of nitrogens with zero attached hydrogens (tertiary/aromatic N) is 1. The molecule has 1 aromatic heterocycles. The van der Waals surface area contributed by atoms with E-state index < -0.39 is 0 Å². The molecule has 2 rings (SSSR count). The van der Waals surface area contributed by atoms with Gasteiger partial charge in [-0.05, 0) is 19.8 Å². The molecule has 2 nitrogen and oxygen atoms in total. The molecule has 1 fully saturated rings. The molecule has 1 aliphatic rings. The van der Waals surface area contributed by atoms with E-state index in [-0.39, 0.29) is 0 Å². The van der Waals surface area contributed by atoms with E-state index in [4.69, 9.17) is 5.73 Å². The van der Waals surface area contributed by atoms with Crippen LogP contribution in [0.25, 0.3) is 0 Å². The van der Waals surface area contributed by atoms with Gasteiger partial charge in [0.05, 0.1) is 5.01 Å². The zero-order chi connectivity index (χ0) is 7.84. The van der Waals surface area contributed by atoms with Crippen LogP contribution >= 0.6 is 11.3 Å². The molecule has 1 heterocycles. The van der Waals surface area contributed by atoms with Gasteiger partial charge in [0.25, 0.3) is 0 Å². The van der Waals surface area contributed by atoms with Gasteiger partial charge in [-0.15, -0.1) is 11.3 Å². The monoisotopic (exact) mass is 168 g/mol. The third kappa shape index (κ3) is 1.30. The molecule has 0 radical (unpaired) electrons. The number of thiazole rings is 1. The standard InChI is InChI=1S/C8H12N2S/c1-5-4-11-8(10-5)6-2-7(9)3-6/h4,6-7H,2-3,9H2,1H3. The second-order valence-electron chi connectivity index (χ2n) is 3.26. The molecule has 60 valence electrons. The smallest absolute Gasteiger partial charge is 0.0960 e. The SMILES string of the molecule is Cc1csc(C2CC(N)C2)n1. The molecule has 0 saturated heterocycles. The van der Waals surface area contributed by atoms with Crippen LogP contribution in [0.4, 0.5) is 0 Å². The Balaban J connectivity index is 2.07. The first-order valence-electron chi connectivity index (χ1n) is 3.93. The minimum absolute atomic E-state index is 0.434. The number of rotatable bonds is 1. The number of hydrogen-bond acceptors (Lipinski definition) is 3. The van der Waals surface area contributed by atoms with Crippen molar-refractivity contribution in [2.24, 2.45) is 5.73 Å². The maximum Gasteiger partial charge on any atom is 0.0960 e. The average molecular weight is 168 g/mol. The zero-order valence-electron chi connectivity index (χ0n) is 6.58. The highest BCUT2D eigenvalue weighted by Crippen LogP contribution is 2.36. The van der Waals surface area contributed by atoms with Crippen LogP contribution in [0, 0.1) is 6.92 Å². The van der Waals surface area contributed by atoms with Crippen molar-refractivity contribution in [2.75, 3.05) is 0 Å². The van der Waals surface area contributed by atoms with Crippen molar-refractivity contribution >= 4 is 11.3 Å². The van der Waals surface area contributed by atoms with Gasteiger partial charge in [0.15, 0.2) is 0 Å². The first-order valence-corrected chi connectivity index (χ1v) is 4.81. The molecule has 0 aliphatic heterocycles. The van der Waals surface area contributed by atoms with Crippen molar-refractivity contribution in [3.05, 3.63) is 16.1 Å². The molecular formula is C8H12N2S. The number of aromatic nitrogens is 1. The van der Waals surface area contributed by atoms with Gasteiger partial charge in [-0.3, -0.25) is 0 Å². The zero-order valence-corrected chi connectivity index (χ0v) is 7.40. The van der Waals surface area contributed by atoms with E-state index in [1.807, 2.05) is 6.92 Å². The molecule has 2 N–H and O–H groups in total. The van der Waals surface area contributed by atoms with Gasteiger partial charge in [0, 0.05) is 23.0 Å². The molecule has 0 unspecified atom stereocenters. The largest absolute Gasteiger partial charge is 0.328 e. The van der Waals surface area contributed by atoms with E-state index in [0.717, 1.165) is 18.5 Å². The Morgan fingerprint density at radius 1 is 1.64 bits per heavy atom. The normalized spacial score (nSPS) is 30.0. The Morgan fingerprint density at radius 3 is 2.82 bits per heavy atom. The Bertz CT molecular complexity index is 250. The third-order valence-electron chi connectivity index (χ3n) is 2.16. The van der Waals surface area contributed by atoms with Crippen LogP contribution in [0.5, 0.6) is 0 Å². The van der Waals surface area contributed by atoms with Crippen molar-refractivity contribution in [3.8, 4) is 0 Å². The van der Waals surface area contributed by atoms with Crippen LogP contribution in [-0.2, 0) is 0 Å². The summed E-state index contributed by atoms with van der Waals surface area (Å²) >= 11 is 1.77. The molecular weight excluding hydrogens is 156 g/mol. The second kappa shape index (κ2) is 2.57. The van der Waals surface area contributed by atoms with Crippen LogP contribution in [0.3, 0.4) is 0 Å². The van der Waals surface area contributed by atoms with Gasteiger partial charge in [-0.2, -0.15) is 0 Å². The van der Waals surface area contributed by atoms with E-state index in [2.05, 4.69) is 10.4 Å². The van der Waals surface area contributed by atoms with Crippen molar-refractivity contribution in [2.45, 2.75) is 31.7 Å². The fourth-order valence-electron chi connectivity index (χ4n) is 1.42. The summed E-state index contributed by atoms with van der Waals surface area (Å²) in [4.78, 5) is 4.43. The summed E-state index contributed by atoms with van der Waals surface area (Å²) in [7, 11) is 0. The maximum atomic E-state index is 5.69. The van der Waals surface area contributed by atoms with Crippen LogP contribution in [-0.4, -0.2) is 11.0 Å². The summed E-state index contributed by atoms with van der Waals surface area (Å²) in [5.41, 5.74) is 6.83. The molecule has 3 heteroatoms. The topological polar surface area (TPSA) is 38.9 Å². The second-order valence-corrected chi connectivity index (χ2v) is 4.15. The predicted octanol–water partition coefficient (Wildman–Crippen LogP) is 1.66. The van der Waals surface area contributed by atoms with Gasteiger partial charge in [-0.25, -0.2) is 4.98 Å². The lowest BCUT2D eigenvalue weighted by atomic mass is 9.81. The Kier molecular flexibility index (Phi) is 1.69. The predicted molar refractivity (Wildman–Crippen MR) is 46.8 cm³/mol. The van der Waals surface area contributed by atoms with Gasteiger partial charge < -0.3 is 5.73 Å². The summed E-state index contributed by atoms with van der Waals surface area (Å²) in [6.07, 6.45) is 2.26. The summed E-state index contributed by atoms with van der Waals surface area (Å²) in [6, 6.07) is 0.434. The lowest BCUT2D eigenvalue weighted by molar-refractivity contribution is 0.350. The van der Waals surface area contributed by atoms with Crippen LogP contribution in [0.2, 0.25) is 0 Å². The van der Waals surface area contributed by atoms with Crippen molar-refractivity contribution in [1.29, 1.82) is 0 Å². The minimum Gasteiger partial charge on any atom is -0.328 e. The fourth-order valence-corrected chi connectivity index (χ4v) is 2.35. The van der Waals surface area contributed by atoms with Gasteiger partial charge in [0.2, 0.25) is 0 Å². The minimum atomic E-state index is 0.434. The molecule has 11 heavy (non-hydrogen) atoms. The Hall–Kier alpha value is -0.410. The van der Waals surface area contributed by atoms with E-state index in [1.165, 1.54) is 5.01 Å². The average Bonchev–Trinajstić information content (AvgIpc) is 2.29. The summed E-state index contributed by atoms with van der Waals surface area (Å²) in [5.74, 6) is 0.670. The van der Waals surface area contributed by atoms with Gasteiger partial charge in [-0.1, -0.05) is 0 Å². The molecule has 1 aliphatic carbocycles. The number of nitrogens with two attached hydrogens (primary N) is 1. The summed E-state index contributed by atoms with van der Waals surface area (Å²) in [6.45, 7) is 2.04. The quantitative estimate of drug-likeness (QED) is 0.692. The van der Waals surface area contributed by atoms with E-state index >= 15 is 0 Å². The maximum absolute atomic E-state index is 5.69. The summed E-state index contributed by atoms with van der Waals surface area (Å²) < 4.78 is 0. The number of hydrogen-bond donors (Lipinski definition) is 1. The first-order chi connectivity index (χ1) is 5.25. The first kappa shape index (κ1) is 7.25. The lowest BCUT2D eigenvalue weighted by Gasteiger charge is -2.30. The highest BCUT2D eigenvalue weighted by molar-refractivity contribution is 7.09. The van der Waals surface area contributed by atoms with E-state index in [9.17, 15) is 0 Å². The fraction of sp³-hybridized carbons (Fsp3) is 0.625. The molecule has 0 spiro atoms. The Morgan fingerprint density at radius 2 is 2.36 bits per heavy atom. The van der Waals surface area contributed by atoms with Crippen LogP contribution in [0.1, 0.15) is 29.5 Å². The van der Waals surface area contributed by atoms with Gasteiger partial charge in [0.1, 0.15) is 0 Å². The third-order valence-corrected chi connectivity index (χ3v) is 3.29. The van der Waals surface area contributed by atoms with Crippen molar-refractivity contribution in [3.63, 3.8) is 0 Å². The van der Waals surface area contributed by atoms with E-state index in [0.29, 0.717) is 12.0 Å². The Labute approximate surface area is 70.5 Å². The summed E-state index contributed by atoms with van der Waals surface area (Å²) in [5, 5.41) is 3.39. The molecule has 0 bridgehead atoms. The highest BCUT2D eigenvalue weighted by Gasteiger charge is 2.29. The van der Waals surface area contributed by atoms with Crippen molar-refractivity contribution < 1.29 is 0 Å². The van der Waals surface area contributed by atoms with E-state index in [1.54, 1.807) is 11.3 Å². The van der Waals surface area contributed by atoms with Gasteiger partial charge >= 0.3 is 0 Å². The molecule has 0 aromatic carbocycles. The van der Waals surface area contributed by atoms with Crippen molar-refractivity contribution in [1.82, 2.24) is 4.98 Å².